The lowest BCUT2D eigenvalue weighted by molar-refractivity contribution is 0.290. The van der Waals surface area contributed by atoms with Gasteiger partial charge in [0.15, 0.2) is 0 Å². The second-order valence-electron chi connectivity index (χ2n) is 5.44. The Kier molecular flexibility index (Phi) is 4.28. The number of hydrogen-bond acceptors (Lipinski definition) is 0. The van der Waals surface area contributed by atoms with Crippen LogP contribution in [0, 0.1) is 11.3 Å². The van der Waals surface area contributed by atoms with Crippen molar-refractivity contribution in [3.05, 3.63) is 0 Å². The number of alkyl halides is 1. The van der Waals surface area contributed by atoms with Gasteiger partial charge in [0, 0.05) is 4.83 Å². The molecule has 0 saturated heterocycles. The third-order valence-electron chi connectivity index (χ3n) is 3.34. The zero-order valence-electron chi connectivity index (χ0n) is 9.28. The van der Waals surface area contributed by atoms with E-state index in [2.05, 4.69) is 36.7 Å². The van der Waals surface area contributed by atoms with Crippen LogP contribution >= 0.6 is 15.9 Å². The SMILES string of the molecule is CC(C)CCCC1(C)CCC(Br)C1. The Hall–Kier alpha value is 0.480. The zero-order chi connectivity index (χ0) is 9.90. The lowest BCUT2D eigenvalue weighted by Crippen LogP contribution is -2.12. The van der Waals surface area contributed by atoms with E-state index in [4.69, 9.17) is 0 Å². The minimum atomic E-state index is 0.656. The molecule has 0 spiro atoms. The van der Waals surface area contributed by atoms with Gasteiger partial charge in [0.1, 0.15) is 0 Å². The summed E-state index contributed by atoms with van der Waals surface area (Å²) in [5.74, 6) is 0.879. The summed E-state index contributed by atoms with van der Waals surface area (Å²) in [6.45, 7) is 7.11. The number of halogens is 1. The molecule has 2 unspecified atom stereocenters. The second-order valence-corrected chi connectivity index (χ2v) is 6.73. The quantitative estimate of drug-likeness (QED) is 0.628. The Morgan fingerprint density at radius 2 is 2.15 bits per heavy atom. The fourth-order valence-corrected chi connectivity index (χ4v) is 3.42. The van der Waals surface area contributed by atoms with E-state index in [0.29, 0.717) is 5.41 Å². The molecule has 0 aromatic carbocycles. The average Bonchev–Trinajstić information content (AvgIpc) is 2.30. The van der Waals surface area contributed by atoms with E-state index in [1.54, 1.807) is 0 Å². The Morgan fingerprint density at radius 1 is 1.46 bits per heavy atom. The van der Waals surface area contributed by atoms with Crippen LogP contribution in [0.3, 0.4) is 0 Å². The summed E-state index contributed by atoms with van der Waals surface area (Å²) in [6, 6.07) is 0. The summed E-state index contributed by atoms with van der Waals surface area (Å²) in [5, 5.41) is 0. The van der Waals surface area contributed by atoms with Gasteiger partial charge >= 0.3 is 0 Å². The van der Waals surface area contributed by atoms with Gasteiger partial charge in [0.2, 0.25) is 0 Å². The van der Waals surface area contributed by atoms with Gasteiger partial charge in [-0.2, -0.15) is 0 Å². The molecule has 0 aliphatic heterocycles. The van der Waals surface area contributed by atoms with E-state index in [1.165, 1.54) is 38.5 Å². The first-order valence-corrected chi connectivity index (χ1v) is 6.57. The van der Waals surface area contributed by atoms with Crippen LogP contribution < -0.4 is 0 Å². The third kappa shape index (κ3) is 4.01. The van der Waals surface area contributed by atoms with Crippen molar-refractivity contribution in [3.8, 4) is 0 Å². The first kappa shape index (κ1) is 11.6. The van der Waals surface area contributed by atoms with Crippen molar-refractivity contribution >= 4 is 15.9 Å². The molecule has 1 rings (SSSR count). The van der Waals surface area contributed by atoms with Crippen molar-refractivity contribution in [3.63, 3.8) is 0 Å². The molecule has 1 aliphatic carbocycles. The molecule has 1 fully saturated rings. The Morgan fingerprint density at radius 3 is 2.62 bits per heavy atom. The largest absolute Gasteiger partial charge is 0.0890 e. The highest BCUT2D eigenvalue weighted by atomic mass is 79.9. The van der Waals surface area contributed by atoms with Gasteiger partial charge in [-0.05, 0) is 37.0 Å². The van der Waals surface area contributed by atoms with Gasteiger partial charge < -0.3 is 0 Å². The molecular weight excluding hydrogens is 224 g/mol. The van der Waals surface area contributed by atoms with Gasteiger partial charge in [-0.15, -0.1) is 0 Å². The Labute approximate surface area is 91.6 Å². The van der Waals surface area contributed by atoms with Gasteiger partial charge in [0.05, 0.1) is 0 Å². The molecule has 1 aliphatic rings. The lowest BCUT2D eigenvalue weighted by Gasteiger charge is -2.23. The summed E-state index contributed by atoms with van der Waals surface area (Å²) in [7, 11) is 0. The normalized spacial score (nSPS) is 34.4. The van der Waals surface area contributed by atoms with Crippen LogP contribution in [0.1, 0.15) is 59.3 Å². The number of rotatable bonds is 4. The zero-order valence-corrected chi connectivity index (χ0v) is 10.9. The van der Waals surface area contributed by atoms with Crippen molar-refractivity contribution in [1.82, 2.24) is 0 Å². The molecule has 2 atom stereocenters. The summed E-state index contributed by atoms with van der Waals surface area (Å²) in [4.78, 5) is 0.802. The van der Waals surface area contributed by atoms with Crippen LogP contribution in [0.15, 0.2) is 0 Å². The van der Waals surface area contributed by atoms with Crippen LogP contribution in [-0.2, 0) is 0 Å². The monoisotopic (exact) mass is 246 g/mol. The Balaban J connectivity index is 2.20. The van der Waals surface area contributed by atoms with Crippen molar-refractivity contribution in [1.29, 1.82) is 0 Å². The molecule has 1 heteroatoms. The molecule has 0 nitrogen and oxygen atoms in total. The van der Waals surface area contributed by atoms with E-state index >= 15 is 0 Å². The molecule has 0 amide bonds. The molecule has 13 heavy (non-hydrogen) atoms. The topological polar surface area (TPSA) is 0 Å². The maximum Gasteiger partial charge on any atom is 0.0151 e. The van der Waals surface area contributed by atoms with Crippen LogP contribution in [0.5, 0.6) is 0 Å². The highest BCUT2D eigenvalue weighted by Gasteiger charge is 2.32. The van der Waals surface area contributed by atoms with Crippen molar-refractivity contribution in [2.45, 2.75) is 64.1 Å². The average molecular weight is 247 g/mol. The summed E-state index contributed by atoms with van der Waals surface area (Å²) in [5.41, 5.74) is 0.656. The maximum atomic E-state index is 3.73. The molecule has 0 aromatic heterocycles. The van der Waals surface area contributed by atoms with E-state index in [9.17, 15) is 0 Å². The highest BCUT2D eigenvalue weighted by molar-refractivity contribution is 9.09. The minimum absolute atomic E-state index is 0.656. The van der Waals surface area contributed by atoms with Gasteiger partial charge in [0.25, 0.3) is 0 Å². The van der Waals surface area contributed by atoms with E-state index in [0.717, 1.165) is 10.7 Å². The first-order valence-electron chi connectivity index (χ1n) is 5.66. The Bertz CT molecular complexity index is 153. The van der Waals surface area contributed by atoms with Gasteiger partial charge in [-0.25, -0.2) is 0 Å². The number of hydrogen-bond donors (Lipinski definition) is 0. The molecule has 78 valence electrons. The van der Waals surface area contributed by atoms with Crippen LogP contribution in [-0.4, -0.2) is 4.83 Å². The third-order valence-corrected chi connectivity index (χ3v) is 4.12. The van der Waals surface area contributed by atoms with Crippen molar-refractivity contribution < 1.29 is 0 Å². The smallest absolute Gasteiger partial charge is 0.0151 e. The van der Waals surface area contributed by atoms with Crippen molar-refractivity contribution in [2.75, 3.05) is 0 Å². The summed E-state index contributed by atoms with van der Waals surface area (Å²) in [6.07, 6.45) is 8.48. The molecule has 0 aromatic rings. The van der Waals surface area contributed by atoms with E-state index in [1.807, 2.05) is 0 Å². The maximum absolute atomic E-state index is 3.73. The predicted molar refractivity (Wildman–Crippen MR) is 63.4 cm³/mol. The van der Waals surface area contributed by atoms with E-state index in [-0.39, 0.29) is 0 Å². The molecule has 0 radical (unpaired) electrons. The molecule has 0 bridgehead atoms. The first-order chi connectivity index (χ1) is 6.02. The van der Waals surface area contributed by atoms with Crippen LogP contribution in [0.4, 0.5) is 0 Å². The second kappa shape index (κ2) is 4.82. The lowest BCUT2D eigenvalue weighted by atomic mass is 9.82. The molecule has 1 saturated carbocycles. The fraction of sp³-hybridized carbons (Fsp3) is 1.00. The highest BCUT2D eigenvalue weighted by Crippen LogP contribution is 2.44. The molecule has 0 N–H and O–H groups in total. The fourth-order valence-electron chi connectivity index (χ4n) is 2.41. The van der Waals surface area contributed by atoms with Gasteiger partial charge in [-0.3, -0.25) is 0 Å². The van der Waals surface area contributed by atoms with Gasteiger partial charge in [-0.1, -0.05) is 49.5 Å². The minimum Gasteiger partial charge on any atom is -0.0890 e. The van der Waals surface area contributed by atoms with Crippen LogP contribution in [0.25, 0.3) is 0 Å². The predicted octanol–water partition coefficient (Wildman–Crippen LogP) is 4.77. The van der Waals surface area contributed by atoms with Crippen molar-refractivity contribution in [2.24, 2.45) is 11.3 Å². The van der Waals surface area contributed by atoms with Crippen LogP contribution in [0.2, 0.25) is 0 Å². The molecule has 0 heterocycles. The standard InChI is InChI=1S/C12H23Br/c1-10(2)5-4-7-12(3)8-6-11(13)9-12/h10-11H,4-9H2,1-3H3. The summed E-state index contributed by atoms with van der Waals surface area (Å²) < 4.78 is 0. The summed E-state index contributed by atoms with van der Waals surface area (Å²) >= 11 is 3.73. The molecular formula is C12H23Br. The van der Waals surface area contributed by atoms with E-state index < -0.39 is 0 Å².